The molecule has 23 heavy (non-hydrogen) atoms. The van der Waals surface area contributed by atoms with Crippen molar-refractivity contribution in [2.75, 3.05) is 52.9 Å². The second-order valence-corrected chi connectivity index (χ2v) is 7.99. The molecule has 0 aromatic rings. The molecule has 1 saturated heterocycles. The third-order valence-electron chi connectivity index (χ3n) is 4.35. The number of amides is 2. The summed E-state index contributed by atoms with van der Waals surface area (Å²) in [7, 11) is 2.16. The predicted octanol–water partition coefficient (Wildman–Crippen LogP) is 0.966. The van der Waals surface area contributed by atoms with Crippen molar-refractivity contribution in [1.82, 2.24) is 20.4 Å². The lowest BCUT2D eigenvalue weighted by molar-refractivity contribution is 0.128. The monoisotopic (exact) mass is 328 g/mol. The van der Waals surface area contributed by atoms with Crippen molar-refractivity contribution < 1.29 is 9.90 Å². The van der Waals surface area contributed by atoms with Crippen LogP contribution >= 0.6 is 0 Å². The number of nitrogens with one attached hydrogen (secondary N) is 2. The van der Waals surface area contributed by atoms with Gasteiger partial charge < -0.3 is 25.5 Å². The number of piperazine rings is 1. The zero-order valence-corrected chi connectivity index (χ0v) is 15.6. The van der Waals surface area contributed by atoms with Crippen LogP contribution in [0.5, 0.6) is 0 Å². The molecule has 0 radical (unpaired) electrons. The number of hydrogen-bond acceptors (Lipinski definition) is 4. The molecule has 0 aromatic carbocycles. The van der Waals surface area contributed by atoms with E-state index >= 15 is 0 Å². The summed E-state index contributed by atoms with van der Waals surface area (Å²) >= 11 is 0. The maximum atomic E-state index is 11.9. The zero-order chi connectivity index (χ0) is 17.5. The van der Waals surface area contributed by atoms with Gasteiger partial charge in [-0.2, -0.15) is 0 Å². The molecular formula is C17H36N4O2. The van der Waals surface area contributed by atoms with Crippen LogP contribution in [0.25, 0.3) is 0 Å². The van der Waals surface area contributed by atoms with E-state index in [2.05, 4.69) is 48.3 Å². The molecule has 2 atom stereocenters. The van der Waals surface area contributed by atoms with E-state index in [-0.39, 0.29) is 17.6 Å². The first kappa shape index (κ1) is 20.2. The van der Waals surface area contributed by atoms with E-state index in [1.165, 1.54) is 0 Å². The molecule has 0 aliphatic carbocycles. The van der Waals surface area contributed by atoms with Gasteiger partial charge in [0.15, 0.2) is 0 Å². The third kappa shape index (κ3) is 9.13. The Morgan fingerprint density at radius 2 is 1.78 bits per heavy atom. The average molecular weight is 329 g/mol. The van der Waals surface area contributed by atoms with Crippen LogP contribution in [-0.2, 0) is 0 Å². The second kappa shape index (κ2) is 9.45. The van der Waals surface area contributed by atoms with Crippen molar-refractivity contribution in [2.45, 2.75) is 40.2 Å². The number of aliphatic hydroxyl groups excluding tert-OH is 1. The summed E-state index contributed by atoms with van der Waals surface area (Å²) in [6, 6.07) is -0.117. The van der Waals surface area contributed by atoms with Gasteiger partial charge in [0.2, 0.25) is 0 Å². The highest BCUT2D eigenvalue weighted by atomic mass is 16.3. The summed E-state index contributed by atoms with van der Waals surface area (Å²) in [5, 5.41) is 15.3. The molecule has 6 heteroatoms. The highest BCUT2D eigenvalue weighted by molar-refractivity contribution is 5.73. The van der Waals surface area contributed by atoms with Crippen LogP contribution in [0.1, 0.15) is 34.1 Å². The van der Waals surface area contributed by atoms with Crippen molar-refractivity contribution in [2.24, 2.45) is 11.3 Å². The molecule has 1 fully saturated rings. The van der Waals surface area contributed by atoms with E-state index in [1.54, 1.807) is 6.92 Å². The van der Waals surface area contributed by atoms with Crippen LogP contribution in [0.15, 0.2) is 0 Å². The Morgan fingerprint density at radius 1 is 1.17 bits per heavy atom. The van der Waals surface area contributed by atoms with Gasteiger partial charge in [0.05, 0.1) is 6.10 Å². The van der Waals surface area contributed by atoms with Crippen molar-refractivity contribution in [3.8, 4) is 0 Å². The van der Waals surface area contributed by atoms with Crippen molar-refractivity contribution >= 4 is 6.03 Å². The summed E-state index contributed by atoms with van der Waals surface area (Å²) in [6.45, 7) is 14.8. The topological polar surface area (TPSA) is 67.8 Å². The number of likely N-dealkylation sites (N-methyl/N-ethyl adjacent to an activating group) is 1. The van der Waals surface area contributed by atoms with E-state index in [9.17, 15) is 9.90 Å². The second-order valence-electron chi connectivity index (χ2n) is 7.99. The first-order valence-electron chi connectivity index (χ1n) is 8.78. The van der Waals surface area contributed by atoms with Crippen LogP contribution in [0.2, 0.25) is 0 Å². The normalized spacial score (nSPS) is 20.1. The molecule has 0 bridgehead atoms. The lowest BCUT2D eigenvalue weighted by Gasteiger charge is -2.34. The quantitative estimate of drug-likeness (QED) is 0.621. The highest BCUT2D eigenvalue weighted by Gasteiger charge is 2.21. The Morgan fingerprint density at radius 3 is 2.35 bits per heavy atom. The fourth-order valence-electron chi connectivity index (χ4n) is 3.06. The van der Waals surface area contributed by atoms with Crippen LogP contribution in [0, 0.1) is 11.3 Å². The number of aliphatic hydroxyl groups is 1. The predicted molar refractivity (Wildman–Crippen MR) is 94.6 cm³/mol. The van der Waals surface area contributed by atoms with Gasteiger partial charge in [-0.3, -0.25) is 0 Å². The summed E-state index contributed by atoms with van der Waals surface area (Å²) < 4.78 is 0. The number of urea groups is 1. The summed E-state index contributed by atoms with van der Waals surface area (Å²) in [6.07, 6.45) is 0.325. The average Bonchev–Trinajstić information content (AvgIpc) is 2.44. The van der Waals surface area contributed by atoms with Crippen molar-refractivity contribution in [3.63, 3.8) is 0 Å². The van der Waals surface area contributed by atoms with Crippen LogP contribution in [-0.4, -0.2) is 79.9 Å². The van der Waals surface area contributed by atoms with Crippen molar-refractivity contribution in [1.29, 1.82) is 0 Å². The Hall–Kier alpha value is -0.850. The number of hydrogen-bond donors (Lipinski definition) is 3. The third-order valence-corrected chi connectivity index (χ3v) is 4.35. The Kier molecular flexibility index (Phi) is 8.29. The van der Waals surface area contributed by atoms with Gasteiger partial charge in [-0.25, -0.2) is 4.79 Å². The van der Waals surface area contributed by atoms with Gasteiger partial charge in [-0.05, 0) is 31.7 Å². The fourth-order valence-corrected chi connectivity index (χ4v) is 3.06. The molecule has 1 aliphatic heterocycles. The van der Waals surface area contributed by atoms with Gasteiger partial charge in [-0.1, -0.05) is 20.8 Å². The zero-order valence-electron chi connectivity index (χ0n) is 15.6. The minimum absolute atomic E-state index is 0.100. The molecule has 0 spiro atoms. The fraction of sp³-hybridized carbons (Fsp3) is 0.941. The Bertz CT molecular complexity index is 353. The molecule has 1 rings (SSSR count). The number of carbonyl (C=O) groups is 1. The minimum atomic E-state index is -0.349. The van der Waals surface area contributed by atoms with E-state index in [0.717, 1.165) is 32.7 Å². The van der Waals surface area contributed by atoms with Gasteiger partial charge in [0, 0.05) is 45.8 Å². The smallest absolute Gasteiger partial charge is 0.314 e. The minimum Gasteiger partial charge on any atom is -0.393 e. The van der Waals surface area contributed by atoms with Crippen LogP contribution < -0.4 is 10.6 Å². The molecule has 0 aromatic heterocycles. The van der Waals surface area contributed by atoms with Gasteiger partial charge >= 0.3 is 6.03 Å². The van der Waals surface area contributed by atoms with E-state index < -0.39 is 0 Å². The van der Waals surface area contributed by atoms with Crippen molar-refractivity contribution in [3.05, 3.63) is 0 Å². The first-order valence-corrected chi connectivity index (χ1v) is 8.78. The lowest BCUT2D eigenvalue weighted by Crippen LogP contribution is -2.48. The lowest BCUT2D eigenvalue weighted by atomic mass is 9.87. The van der Waals surface area contributed by atoms with Gasteiger partial charge in [-0.15, -0.1) is 0 Å². The molecule has 2 unspecified atom stereocenters. The number of rotatable bonds is 8. The molecular weight excluding hydrogens is 292 g/mol. The molecule has 2 amide bonds. The van der Waals surface area contributed by atoms with Crippen LogP contribution in [0.4, 0.5) is 4.79 Å². The first-order chi connectivity index (χ1) is 10.7. The molecule has 1 aliphatic rings. The Labute approximate surface area is 141 Å². The SMILES string of the molecule is CC(O)CC(C)(C)CNC(=O)NCC(C)CN1CCN(C)CC1. The maximum absolute atomic E-state index is 11.9. The van der Waals surface area contributed by atoms with Crippen LogP contribution in [0.3, 0.4) is 0 Å². The molecule has 0 saturated carbocycles. The molecule has 3 N–H and O–H groups in total. The standard InChI is InChI=1S/C17H36N4O2/c1-14(12-21-8-6-20(5)7-9-21)11-18-16(23)19-13-17(3,4)10-15(2)22/h14-15,22H,6-13H2,1-5H3,(H2,18,19,23). The van der Waals surface area contributed by atoms with E-state index in [0.29, 0.717) is 25.4 Å². The van der Waals surface area contributed by atoms with Gasteiger partial charge in [0.25, 0.3) is 0 Å². The van der Waals surface area contributed by atoms with E-state index in [1.807, 2.05) is 0 Å². The Balaban J connectivity index is 2.17. The summed E-state index contributed by atoms with van der Waals surface area (Å²) in [5.41, 5.74) is -0.100. The largest absolute Gasteiger partial charge is 0.393 e. The van der Waals surface area contributed by atoms with Gasteiger partial charge in [0.1, 0.15) is 0 Å². The van der Waals surface area contributed by atoms with E-state index in [4.69, 9.17) is 0 Å². The number of nitrogens with zero attached hydrogens (tertiary/aromatic N) is 2. The number of carbonyl (C=O) groups excluding carboxylic acids is 1. The maximum Gasteiger partial charge on any atom is 0.314 e. The summed E-state index contributed by atoms with van der Waals surface area (Å²) in [4.78, 5) is 16.7. The molecule has 6 nitrogen and oxygen atoms in total. The molecule has 136 valence electrons. The highest BCUT2D eigenvalue weighted by Crippen LogP contribution is 2.20. The molecule has 1 heterocycles. The summed E-state index contributed by atoms with van der Waals surface area (Å²) in [5.74, 6) is 0.439.